The average Bonchev–Trinajstić information content (AvgIpc) is 2.34. The number of benzene rings is 1. The second-order valence-electron chi connectivity index (χ2n) is 5.28. The van der Waals surface area contributed by atoms with Crippen LogP contribution < -0.4 is 0 Å². The molecule has 0 aliphatic carbocycles. The van der Waals surface area contributed by atoms with E-state index in [2.05, 4.69) is 48.5 Å². The Morgan fingerprint density at radius 2 is 1.32 bits per heavy atom. The molecule has 0 amide bonds. The molecule has 0 fully saturated rings. The van der Waals surface area contributed by atoms with Crippen molar-refractivity contribution in [2.24, 2.45) is 0 Å². The molecule has 1 rings (SSSR count). The molecule has 1 radical (unpaired) electrons. The normalized spacial score (nSPS) is 12.6. The number of carbonyl (C=O) groups excluding carboxylic acids is 1. The third kappa shape index (κ3) is 3.95. The van der Waals surface area contributed by atoms with Gasteiger partial charge in [-0.3, -0.25) is 4.79 Å². The second kappa shape index (κ2) is 7.63. The molecule has 2 atom stereocenters. The van der Waals surface area contributed by atoms with Crippen LogP contribution in [0.1, 0.15) is 58.4 Å². The maximum atomic E-state index is 12.5. The van der Waals surface area contributed by atoms with E-state index in [1.807, 2.05) is 0 Å². The molecule has 0 N–H and O–H groups in total. The largest absolute Gasteiger partial charge is 0.289 e. The smallest absolute Gasteiger partial charge is 0.181 e. The first-order valence-electron chi connectivity index (χ1n) is 6.69. The molecule has 0 aliphatic heterocycles. The fraction of sp³-hybridized carbons (Fsp3) is 0.562. The van der Waals surface area contributed by atoms with Gasteiger partial charge in [0, 0.05) is 24.4 Å². The zero-order valence-corrected chi connectivity index (χ0v) is 14.7. The van der Waals surface area contributed by atoms with Crippen molar-refractivity contribution in [1.29, 1.82) is 0 Å². The van der Waals surface area contributed by atoms with Crippen molar-refractivity contribution < 1.29 is 4.79 Å². The van der Waals surface area contributed by atoms with Crippen LogP contribution in [0.25, 0.3) is 0 Å². The Kier molecular flexibility index (Phi) is 7.60. The molecule has 2 unspecified atom stereocenters. The van der Waals surface area contributed by atoms with Gasteiger partial charge >= 0.3 is 0 Å². The Morgan fingerprint density at radius 1 is 0.947 bits per heavy atom. The van der Waals surface area contributed by atoms with Gasteiger partial charge in [0.1, 0.15) is 0 Å². The van der Waals surface area contributed by atoms with Crippen molar-refractivity contribution in [3.05, 3.63) is 33.4 Å². The van der Waals surface area contributed by atoms with Crippen LogP contribution in [0.2, 0.25) is 0 Å². The van der Waals surface area contributed by atoms with Gasteiger partial charge in [-0.25, -0.2) is 0 Å². The fourth-order valence-electron chi connectivity index (χ4n) is 2.24. The molecule has 0 spiro atoms. The zero-order valence-electron chi connectivity index (χ0n) is 13.7. The van der Waals surface area contributed by atoms with Gasteiger partial charge in [0.25, 0.3) is 0 Å². The van der Waals surface area contributed by atoms with E-state index in [-0.39, 0.29) is 18.9 Å². The van der Waals surface area contributed by atoms with Gasteiger partial charge in [-0.05, 0) is 83.1 Å². The van der Waals surface area contributed by atoms with E-state index in [0.29, 0.717) is 19.8 Å². The minimum absolute atomic E-state index is 0. The van der Waals surface area contributed by atoms with Crippen molar-refractivity contribution in [2.75, 3.05) is 0 Å². The van der Waals surface area contributed by atoms with E-state index in [9.17, 15) is 4.79 Å². The van der Waals surface area contributed by atoms with E-state index in [1.165, 1.54) is 27.8 Å². The summed E-state index contributed by atoms with van der Waals surface area (Å²) in [6.45, 7) is 14.9. The molecular formula is C16H25LiOP. The summed E-state index contributed by atoms with van der Waals surface area (Å²) < 4.78 is 0. The standard InChI is InChI=1S/C16H25OP.Li/c1-8-9(2)18-16(17)15-13(6)11(4)10(3)12(5)14(15)7;/h9,18H,8H2,1-7H3;. The Balaban J connectivity index is 0.00000324. The van der Waals surface area contributed by atoms with Crippen molar-refractivity contribution in [3.63, 3.8) is 0 Å². The predicted octanol–water partition coefficient (Wildman–Crippen LogP) is 4.47. The van der Waals surface area contributed by atoms with Crippen LogP contribution in [0, 0.1) is 34.6 Å². The monoisotopic (exact) mass is 271 g/mol. The van der Waals surface area contributed by atoms with Crippen LogP contribution in [0.4, 0.5) is 0 Å². The third-order valence-corrected chi connectivity index (χ3v) is 5.63. The van der Waals surface area contributed by atoms with Crippen molar-refractivity contribution in [2.45, 2.75) is 60.5 Å². The predicted molar refractivity (Wildman–Crippen MR) is 88.3 cm³/mol. The first-order chi connectivity index (χ1) is 8.31. The van der Waals surface area contributed by atoms with Gasteiger partial charge in [-0.2, -0.15) is 0 Å². The zero-order chi connectivity index (χ0) is 14.0. The van der Waals surface area contributed by atoms with Crippen molar-refractivity contribution >= 4 is 33.0 Å². The summed E-state index contributed by atoms with van der Waals surface area (Å²) in [6.07, 6.45) is 1.08. The number of carbonyl (C=O) groups is 1. The maximum Gasteiger partial charge on any atom is 0.181 e. The van der Waals surface area contributed by atoms with Crippen molar-refractivity contribution in [1.82, 2.24) is 0 Å². The summed E-state index contributed by atoms with van der Waals surface area (Å²) in [6, 6.07) is 0. The van der Waals surface area contributed by atoms with E-state index < -0.39 is 0 Å². The molecule has 0 aromatic heterocycles. The van der Waals surface area contributed by atoms with Crippen LogP contribution in [0.3, 0.4) is 0 Å². The quantitative estimate of drug-likeness (QED) is 0.583. The summed E-state index contributed by atoms with van der Waals surface area (Å²) in [7, 11) is 0.401. The summed E-state index contributed by atoms with van der Waals surface area (Å²) in [5.74, 6) is 0. The Bertz CT molecular complexity index is 451. The Hall–Kier alpha value is -0.0826. The first-order valence-corrected chi connectivity index (χ1v) is 7.76. The number of hydrogen-bond donors (Lipinski definition) is 0. The van der Waals surface area contributed by atoms with Gasteiger partial charge in [-0.15, -0.1) is 0 Å². The van der Waals surface area contributed by atoms with Crippen molar-refractivity contribution in [3.8, 4) is 0 Å². The number of rotatable bonds is 4. The van der Waals surface area contributed by atoms with Gasteiger partial charge in [0.15, 0.2) is 5.52 Å². The molecular weight excluding hydrogens is 246 g/mol. The van der Waals surface area contributed by atoms with Crippen LogP contribution in [-0.2, 0) is 0 Å². The summed E-state index contributed by atoms with van der Waals surface area (Å²) in [5, 5.41) is 0. The molecule has 1 nitrogen and oxygen atoms in total. The molecule has 19 heavy (non-hydrogen) atoms. The molecule has 0 saturated heterocycles. The van der Waals surface area contributed by atoms with Gasteiger partial charge in [-0.1, -0.05) is 13.8 Å². The Labute approximate surface area is 131 Å². The molecule has 0 heterocycles. The van der Waals surface area contributed by atoms with Crippen LogP contribution in [-0.4, -0.2) is 30.0 Å². The van der Waals surface area contributed by atoms with E-state index in [4.69, 9.17) is 0 Å². The van der Waals surface area contributed by atoms with Gasteiger partial charge in [0.2, 0.25) is 0 Å². The Morgan fingerprint density at radius 3 is 1.68 bits per heavy atom. The average molecular weight is 271 g/mol. The van der Waals surface area contributed by atoms with Gasteiger partial charge in [0.05, 0.1) is 0 Å². The maximum absolute atomic E-state index is 12.5. The molecule has 0 saturated carbocycles. The molecule has 0 aliphatic rings. The van der Waals surface area contributed by atoms with E-state index >= 15 is 0 Å². The van der Waals surface area contributed by atoms with E-state index in [0.717, 1.165) is 12.0 Å². The SMILES string of the molecule is CCC(C)PC(=O)c1c(C)c(C)c(C)c(C)c1C.[Li]. The van der Waals surface area contributed by atoms with Crippen LogP contribution in [0.15, 0.2) is 0 Å². The second-order valence-corrected chi connectivity index (χ2v) is 7.01. The molecule has 1 aromatic carbocycles. The minimum Gasteiger partial charge on any atom is -0.289 e. The molecule has 3 heteroatoms. The summed E-state index contributed by atoms with van der Waals surface area (Å²) in [5.41, 5.74) is 8.05. The molecule has 0 bridgehead atoms. The topological polar surface area (TPSA) is 17.1 Å². The van der Waals surface area contributed by atoms with Gasteiger partial charge < -0.3 is 0 Å². The summed E-state index contributed by atoms with van der Waals surface area (Å²) >= 11 is 0. The third-order valence-electron chi connectivity index (χ3n) is 4.22. The molecule has 1 aromatic rings. The molecule has 101 valence electrons. The number of hydrogen-bond acceptors (Lipinski definition) is 1. The van der Waals surface area contributed by atoms with E-state index in [1.54, 1.807) is 0 Å². The fourth-order valence-corrected chi connectivity index (χ4v) is 3.41. The minimum atomic E-state index is 0. The summed E-state index contributed by atoms with van der Waals surface area (Å²) in [4.78, 5) is 12.5. The first kappa shape index (κ1) is 18.9. The van der Waals surface area contributed by atoms with Crippen LogP contribution in [0.5, 0.6) is 0 Å². The van der Waals surface area contributed by atoms with Crippen LogP contribution >= 0.6 is 8.58 Å².